The summed E-state index contributed by atoms with van der Waals surface area (Å²) in [6.07, 6.45) is 5.75. The molecule has 0 aliphatic carbocycles. The molecule has 1 N–H and O–H groups in total. The van der Waals surface area contributed by atoms with Gasteiger partial charge in [-0.05, 0) is 31.6 Å². The summed E-state index contributed by atoms with van der Waals surface area (Å²) in [5.74, 6) is 0. The third-order valence-corrected chi connectivity index (χ3v) is 3.51. The number of hydrogen-bond donors (Lipinski definition) is 1. The van der Waals surface area contributed by atoms with Gasteiger partial charge in [-0.25, -0.2) is 4.21 Å². The Bertz CT molecular complexity index is 475. The molecule has 2 nitrogen and oxygen atoms in total. The van der Waals surface area contributed by atoms with Gasteiger partial charge in [-0.1, -0.05) is 24.3 Å². The molecular weight excluding hydrogens is 206 g/mol. The lowest BCUT2D eigenvalue weighted by Gasteiger charge is -2.00. The van der Waals surface area contributed by atoms with E-state index in [1.165, 1.54) is 0 Å². The van der Waals surface area contributed by atoms with E-state index < -0.39 is 11.0 Å². The van der Waals surface area contributed by atoms with Crippen molar-refractivity contribution in [3.05, 3.63) is 47.6 Å². The lowest BCUT2D eigenvalue weighted by molar-refractivity contribution is 0.692. The first-order valence-corrected chi connectivity index (χ1v) is 6.00. The topological polar surface area (TPSA) is 29.1 Å². The Morgan fingerprint density at radius 3 is 2.93 bits per heavy atom. The second kappa shape index (κ2) is 4.03. The van der Waals surface area contributed by atoms with Crippen LogP contribution in [0.15, 0.2) is 36.4 Å². The zero-order valence-electron chi connectivity index (χ0n) is 8.78. The van der Waals surface area contributed by atoms with Gasteiger partial charge in [0.2, 0.25) is 0 Å². The molecule has 1 aromatic carbocycles. The van der Waals surface area contributed by atoms with E-state index in [2.05, 4.69) is 4.72 Å². The van der Waals surface area contributed by atoms with Crippen LogP contribution in [0.4, 0.5) is 5.69 Å². The number of fused-ring (bicyclic) bond motifs is 1. The van der Waals surface area contributed by atoms with Crippen molar-refractivity contribution in [2.75, 3.05) is 4.72 Å². The molecular formula is C12H13NOS. The first-order valence-electron chi connectivity index (χ1n) is 4.85. The van der Waals surface area contributed by atoms with Gasteiger partial charge < -0.3 is 4.72 Å². The minimum absolute atomic E-state index is 0.862. The molecule has 1 aromatic rings. The van der Waals surface area contributed by atoms with E-state index in [0.717, 1.165) is 21.7 Å². The van der Waals surface area contributed by atoms with Crippen LogP contribution in [-0.4, -0.2) is 4.21 Å². The van der Waals surface area contributed by atoms with Crippen LogP contribution in [0, 0.1) is 6.92 Å². The molecule has 0 aromatic heterocycles. The molecule has 15 heavy (non-hydrogen) atoms. The molecule has 2 rings (SSSR count). The largest absolute Gasteiger partial charge is 0.300 e. The van der Waals surface area contributed by atoms with E-state index in [1.807, 2.05) is 50.3 Å². The third kappa shape index (κ3) is 1.75. The number of nitrogens with one attached hydrogen (secondary N) is 1. The summed E-state index contributed by atoms with van der Waals surface area (Å²) in [4.78, 5) is 0.862. The maximum absolute atomic E-state index is 11.8. The quantitative estimate of drug-likeness (QED) is 0.773. The van der Waals surface area contributed by atoms with E-state index in [1.54, 1.807) is 0 Å². The molecule has 78 valence electrons. The van der Waals surface area contributed by atoms with E-state index in [9.17, 15) is 4.21 Å². The molecule has 0 bridgehead atoms. The zero-order chi connectivity index (χ0) is 10.8. The fourth-order valence-corrected chi connectivity index (χ4v) is 2.79. The number of rotatable bonds is 1. The molecule has 1 unspecified atom stereocenters. The molecule has 0 spiro atoms. The minimum atomic E-state index is -1.11. The molecule has 0 radical (unpaired) electrons. The van der Waals surface area contributed by atoms with Gasteiger partial charge in [0.15, 0.2) is 11.0 Å². The summed E-state index contributed by atoms with van der Waals surface area (Å²) < 4.78 is 14.8. The Morgan fingerprint density at radius 1 is 1.40 bits per heavy atom. The van der Waals surface area contributed by atoms with Gasteiger partial charge >= 0.3 is 0 Å². The fourth-order valence-electron chi connectivity index (χ4n) is 1.66. The molecule has 1 aliphatic rings. The second-order valence-corrected chi connectivity index (χ2v) is 4.61. The highest BCUT2D eigenvalue weighted by atomic mass is 32.2. The van der Waals surface area contributed by atoms with Crippen LogP contribution in [0.25, 0.3) is 4.91 Å². The number of aryl methyl sites for hydroxylation is 1. The summed E-state index contributed by atoms with van der Waals surface area (Å²) in [6.45, 7) is 3.98. The van der Waals surface area contributed by atoms with E-state index in [0.29, 0.717) is 0 Å². The summed E-state index contributed by atoms with van der Waals surface area (Å²) in [5, 5.41) is 0. The van der Waals surface area contributed by atoms with Crippen LogP contribution in [0.5, 0.6) is 0 Å². The van der Waals surface area contributed by atoms with Gasteiger partial charge in [0.05, 0.1) is 10.6 Å². The van der Waals surface area contributed by atoms with Crippen molar-refractivity contribution in [1.82, 2.24) is 0 Å². The average Bonchev–Trinajstić information content (AvgIpc) is 2.53. The van der Waals surface area contributed by atoms with E-state index in [4.69, 9.17) is 0 Å². The number of benzene rings is 1. The lowest BCUT2D eigenvalue weighted by atomic mass is 10.1. The van der Waals surface area contributed by atoms with Gasteiger partial charge in [0, 0.05) is 5.56 Å². The standard InChI is InChI=1S/C12H13NOS/c1-3-4-8-11-12-9(2)6-5-7-10(12)13-15(11)14/h3-8,13H,1-2H3/b4-3-,11-8+. The monoisotopic (exact) mass is 219 g/mol. The Kier molecular flexibility index (Phi) is 2.73. The Hall–Kier alpha value is -1.35. The van der Waals surface area contributed by atoms with Crippen LogP contribution in [-0.2, 0) is 11.0 Å². The Morgan fingerprint density at radius 2 is 2.20 bits per heavy atom. The average molecular weight is 219 g/mol. The summed E-state index contributed by atoms with van der Waals surface area (Å²) in [5.41, 5.74) is 3.19. The summed E-state index contributed by atoms with van der Waals surface area (Å²) in [6, 6.07) is 5.96. The normalized spacial score (nSPS) is 22.0. The van der Waals surface area contributed by atoms with Crippen LogP contribution in [0.2, 0.25) is 0 Å². The van der Waals surface area contributed by atoms with Gasteiger partial charge in [0.25, 0.3) is 0 Å². The fraction of sp³-hybridized carbons (Fsp3) is 0.167. The number of hydrogen-bond acceptors (Lipinski definition) is 1. The SMILES string of the molecule is C/C=C\C=C1/c2c(C)cccc2NS1=O. The molecule has 3 heteroatoms. The van der Waals surface area contributed by atoms with E-state index in [-0.39, 0.29) is 0 Å². The zero-order valence-corrected chi connectivity index (χ0v) is 9.60. The van der Waals surface area contributed by atoms with Gasteiger partial charge in [-0.2, -0.15) is 0 Å². The Labute approximate surface area is 92.3 Å². The van der Waals surface area contributed by atoms with Crippen LogP contribution >= 0.6 is 0 Å². The maximum atomic E-state index is 11.8. The summed E-state index contributed by atoms with van der Waals surface area (Å²) in [7, 11) is -1.11. The predicted octanol–water partition coefficient (Wildman–Crippen LogP) is 3.00. The smallest absolute Gasteiger partial charge is 0.151 e. The predicted molar refractivity (Wildman–Crippen MR) is 65.7 cm³/mol. The van der Waals surface area contributed by atoms with Crippen molar-refractivity contribution in [3.63, 3.8) is 0 Å². The molecule has 1 heterocycles. The molecule has 1 atom stereocenters. The molecule has 0 saturated heterocycles. The number of anilines is 1. The first kappa shape index (κ1) is 10.2. The minimum Gasteiger partial charge on any atom is -0.300 e. The van der Waals surface area contributed by atoms with Crippen molar-refractivity contribution >= 4 is 21.6 Å². The molecule has 0 amide bonds. The van der Waals surface area contributed by atoms with Crippen molar-refractivity contribution in [2.45, 2.75) is 13.8 Å². The number of allylic oxidation sites excluding steroid dienone is 3. The van der Waals surface area contributed by atoms with E-state index >= 15 is 0 Å². The highest BCUT2D eigenvalue weighted by Gasteiger charge is 2.23. The summed E-state index contributed by atoms with van der Waals surface area (Å²) >= 11 is 0. The molecule has 0 fully saturated rings. The van der Waals surface area contributed by atoms with Crippen molar-refractivity contribution in [2.24, 2.45) is 0 Å². The highest BCUT2D eigenvalue weighted by Crippen LogP contribution is 2.36. The maximum Gasteiger partial charge on any atom is 0.151 e. The van der Waals surface area contributed by atoms with Crippen LogP contribution < -0.4 is 4.72 Å². The van der Waals surface area contributed by atoms with Gasteiger partial charge in [0.1, 0.15) is 0 Å². The molecule has 1 aliphatic heterocycles. The molecule has 0 saturated carbocycles. The third-order valence-electron chi connectivity index (χ3n) is 2.36. The van der Waals surface area contributed by atoms with Crippen molar-refractivity contribution < 1.29 is 4.21 Å². The highest BCUT2D eigenvalue weighted by molar-refractivity contribution is 7.96. The van der Waals surface area contributed by atoms with Crippen molar-refractivity contribution in [1.29, 1.82) is 0 Å². The van der Waals surface area contributed by atoms with Crippen LogP contribution in [0.3, 0.4) is 0 Å². The van der Waals surface area contributed by atoms with Gasteiger partial charge in [-0.3, -0.25) is 0 Å². The first-order chi connectivity index (χ1) is 7.24. The Balaban J connectivity index is 2.58. The van der Waals surface area contributed by atoms with Crippen molar-refractivity contribution in [3.8, 4) is 0 Å². The van der Waals surface area contributed by atoms with Crippen LogP contribution in [0.1, 0.15) is 18.1 Å². The lowest BCUT2D eigenvalue weighted by Crippen LogP contribution is -1.94. The second-order valence-electron chi connectivity index (χ2n) is 3.42. The van der Waals surface area contributed by atoms with Gasteiger partial charge in [-0.15, -0.1) is 0 Å².